The van der Waals surface area contributed by atoms with Gasteiger partial charge in [-0.2, -0.15) is 0 Å². The Hall–Kier alpha value is -4.42. The third-order valence-electron chi connectivity index (χ3n) is 8.52. The minimum Gasteiger partial charge on any atom is -0.444 e. The minimum atomic E-state index is -0.535. The summed E-state index contributed by atoms with van der Waals surface area (Å²) in [4.78, 5) is 54.3. The van der Waals surface area contributed by atoms with Crippen molar-refractivity contribution in [2.75, 3.05) is 26.2 Å². The SMILES string of the molecule is CC(C)(C)OC(=O)N1CC=C(B2OC(C)(C)C(C)(C)O2)CC1.CC(C)(C)OC(=O)N1CC=C(c2ccc([N+](=O)[O-])nc2)CC1.O=[N+]([O-])c1ccc(Br)cn1. The van der Waals surface area contributed by atoms with Crippen LogP contribution in [0.5, 0.6) is 0 Å². The zero-order valence-corrected chi connectivity index (χ0v) is 34.2. The van der Waals surface area contributed by atoms with Gasteiger partial charge in [-0.05, 0) is 141 Å². The lowest BCUT2D eigenvalue weighted by Gasteiger charge is -2.32. The fraction of sp³-hybridized carbons (Fsp3) is 0.556. The van der Waals surface area contributed by atoms with Gasteiger partial charge >= 0.3 is 30.9 Å². The number of carbonyl (C=O) groups is 2. The number of nitro groups is 2. The molecule has 0 radical (unpaired) electrons. The van der Waals surface area contributed by atoms with E-state index in [4.69, 9.17) is 18.8 Å². The number of pyridine rings is 2. The number of halogens is 1. The quantitative estimate of drug-likeness (QED) is 0.165. The third kappa shape index (κ3) is 13.2. The third-order valence-corrected chi connectivity index (χ3v) is 8.99. The molecule has 2 amide bonds. The summed E-state index contributed by atoms with van der Waals surface area (Å²) in [5.74, 6) is -0.307. The number of rotatable bonds is 4. The van der Waals surface area contributed by atoms with Crippen LogP contribution in [0.4, 0.5) is 21.2 Å². The van der Waals surface area contributed by atoms with Gasteiger partial charge in [0.15, 0.2) is 6.20 Å². The summed E-state index contributed by atoms with van der Waals surface area (Å²) >= 11 is 3.11. The summed E-state index contributed by atoms with van der Waals surface area (Å²) in [6.07, 6.45) is 7.65. The van der Waals surface area contributed by atoms with E-state index in [-0.39, 0.29) is 42.1 Å². The first kappa shape index (κ1) is 44.0. The molecule has 3 aliphatic rings. The van der Waals surface area contributed by atoms with E-state index in [9.17, 15) is 29.8 Å². The smallest absolute Gasteiger partial charge is 0.444 e. The molecule has 54 heavy (non-hydrogen) atoms. The predicted octanol–water partition coefficient (Wildman–Crippen LogP) is 7.95. The number of ether oxygens (including phenoxy) is 2. The Bertz CT molecular complexity index is 1700. The molecule has 0 unspecified atom stereocenters. The summed E-state index contributed by atoms with van der Waals surface area (Å²) in [5, 5.41) is 20.6. The van der Waals surface area contributed by atoms with Crippen LogP contribution in [0.15, 0.2) is 58.8 Å². The van der Waals surface area contributed by atoms with Gasteiger partial charge in [0.25, 0.3) is 0 Å². The molecule has 2 aromatic heterocycles. The molecule has 1 saturated heterocycles. The first-order valence-corrected chi connectivity index (χ1v) is 18.2. The highest BCUT2D eigenvalue weighted by Gasteiger charge is 2.52. The van der Waals surface area contributed by atoms with Crippen molar-refractivity contribution < 1.29 is 38.2 Å². The van der Waals surface area contributed by atoms with Gasteiger partial charge in [-0.25, -0.2) is 9.59 Å². The Kier molecular flexibility index (Phi) is 14.5. The maximum atomic E-state index is 12.1. The average molecular weight is 818 g/mol. The highest BCUT2D eigenvalue weighted by molar-refractivity contribution is 9.10. The van der Waals surface area contributed by atoms with Crippen molar-refractivity contribution in [3.8, 4) is 0 Å². The summed E-state index contributed by atoms with van der Waals surface area (Å²) in [7, 11) is -0.314. The number of hydrogen-bond donors (Lipinski definition) is 0. The lowest BCUT2D eigenvalue weighted by Crippen LogP contribution is -2.41. The van der Waals surface area contributed by atoms with Crippen LogP contribution in [0.25, 0.3) is 5.57 Å². The van der Waals surface area contributed by atoms with E-state index in [0.29, 0.717) is 32.6 Å². The normalized spacial score (nSPS) is 17.8. The first-order valence-electron chi connectivity index (χ1n) is 17.4. The Morgan fingerprint density at radius 3 is 1.59 bits per heavy atom. The maximum absolute atomic E-state index is 12.1. The maximum Gasteiger partial charge on any atom is 0.490 e. The number of amides is 2. The lowest BCUT2D eigenvalue weighted by molar-refractivity contribution is -0.389. The van der Waals surface area contributed by atoms with Gasteiger partial charge in [0, 0.05) is 43.9 Å². The van der Waals surface area contributed by atoms with Gasteiger partial charge in [-0.3, -0.25) is 0 Å². The monoisotopic (exact) mass is 816 g/mol. The van der Waals surface area contributed by atoms with Crippen molar-refractivity contribution in [2.24, 2.45) is 0 Å². The molecule has 2 aromatic rings. The molecule has 294 valence electrons. The number of aromatic nitrogens is 2. The lowest BCUT2D eigenvalue weighted by atomic mass is 9.75. The Morgan fingerprint density at radius 2 is 1.24 bits per heavy atom. The topological polar surface area (TPSA) is 190 Å². The molecule has 0 aromatic carbocycles. The number of hydrogen-bond acceptors (Lipinski definition) is 12. The Morgan fingerprint density at radius 1 is 0.778 bits per heavy atom. The molecule has 5 heterocycles. The second kappa shape index (κ2) is 17.8. The van der Waals surface area contributed by atoms with E-state index in [1.807, 2.05) is 81.4 Å². The standard InChI is InChI=1S/C16H28BNO4.C15H19N3O4.C5H3BrN2O2/c1-14(2,3)20-13(19)18-10-8-12(9-11-18)17-21-15(4,5)16(6,7)22-17;1-15(2,3)22-14(19)17-8-6-11(7-9-17)12-4-5-13(16-10-12)18(20)21;6-4-1-2-5(7-3-4)8(9)10/h8H,9-11H2,1-7H3;4-6,10H,7-9H2,1-3H3;1-3H. The van der Waals surface area contributed by atoms with Crippen LogP contribution in [0.3, 0.4) is 0 Å². The van der Waals surface area contributed by atoms with Crippen LogP contribution in [0.2, 0.25) is 0 Å². The zero-order chi connectivity index (χ0) is 40.6. The second-order valence-electron chi connectivity index (χ2n) is 15.7. The van der Waals surface area contributed by atoms with Crippen LogP contribution in [0.1, 0.15) is 87.6 Å². The summed E-state index contributed by atoms with van der Waals surface area (Å²) in [6, 6.07) is 5.98. The van der Waals surface area contributed by atoms with Crippen molar-refractivity contribution in [1.29, 1.82) is 0 Å². The fourth-order valence-corrected chi connectivity index (χ4v) is 5.20. The van der Waals surface area contributed by atoms with Gasteiger partial charge in [-0.1, -0.05) is 12.2 Å². The summed E-state index contributed by atoms with van der Waals surface area (Å²) in [6.45, 7) is 21.5. The number of carbonyl (C=O) groups excluding carboxylic acids is 2. The van der Waals surface area contributed by atoms with Crippen molar-refractivity contribution in [1.82, 2.24) is 19.8 Å². The molecule has 16 nitrogen and oxygen atoms in total. The van der Waals surface area contributed by atoms with Gasteiger partial charge < -0.3 is 48.8 Å². The zero-order valence-electron chi connectivity index (χ0n) is 32.6. The van der Waals surface area contributed by atoms with Crippen LogP contribution in [0, 0.1) is 20.2 Å². The first-order chi connectivity index (χ1) is 24.9. The second-order valence-corrected chi connectivity index (χ2v) is 16.6. The average Bonchev–Trinajstić information content (AvgIpc) is 3.30. The molecule has 0 aliphatic carbocycles. The van der Waals surface area contributed by atoms with E-state index >= 15 is 0 Å². The Balaban J connectivity index is 0.000000233. The van der Waals surface area contributed by atoms with Gasteiger partial charge in [-0.15, -0.1) is 0 Å². The molecule has 0 spiro atoms. The highest BCUT2D eigenvalue weighted by atomic mass is 79.9. The van der Waals surface area contributed by atoms with E-state index in [1.54, 1.807) is 21.9 Å². The molecule has 0 atom stereocenters. The van der Waals surface area contributed by atoms with Gasteiger partial charge in [0.2, 0.25) is 0 Å². The van der Waals surface area contributed by atoms with E-state index in [0.717, 1.165) is 27.5 Å². The van der Waals surface area contributed by atoms with Crippen molar-refractivity contribution in [3.05, 3.63) is 84.5 Å². The van der Waals surface area contributed by atoms with E-state index in [1.165, 1.54) is 24.5 Å². The Labute approximate surface area is 324 Å². The molecular weight excluding hydrogens is 767 g/mol. The largest absolute Gasteiger partial charge is 0.490 e. The van der Waals surface area contributed by atoms with Crippen molar-refractivity contribution in [3.63, 3.8) is 0 Å². The van der Waals surface area contributed by atoms with E-state index in [2.05, 4.69) is 25.9 Å². The predicted molar refractivity (Wildman–Crippen MR) is 206 cm³/mol. The van der Waals surface area contributed by atoms with Gasteiger partial charge in [0.05, 0.1) is 15.7 Å². The number of nitrogens with zero attached hydrogens (tertiary/aromatic N) is 6. The molecule has 0 bridgehead atoms. The molecule has 5 rings (SSSR count). The van der Waals surface area contributed by atoms with Crippen LogP contribution < -0.4 is 0 Å². The molecule has 0 N–H and O–H groups in total. The molecular formula is C36H50BBrN6O10. The highest BCUT2D eigenvalue weighted by Crippen LogP contribution is 2.39. The van der Waals surface area contributed by atoms with Crippen LogP contribution >= 0.6 is 15.9 Å². The van der Waals surface area contributed by atoms with Crippen LogP contribution in [-0.4, -0.2) is 97.5 Å². The molecule has 3 aliphatic heterocycles. The summed E-state index contributed by atoms with van der Waals surface area (Å²) < 4.78 is 23.6. The molecule has 0 saturated carbocycles. The summed E-state index contributed by atoms with van der Waals surface area (Å²) in [5.41, 5.74) is 1.34. The van der Waals surface area contributed by atoms with Crippen molar-refractivity contribution >= 4 is 52.4 Å². The van der Waals surface area contributed by atoms with Crippen LogP contribution in [-0.2, 0) is 18.8 Å². The molecule has 1 fully saturated rings. The van der Waals surface area contributed by atoms with E-state index < -0.39 is 21.0 Å². The fourth-order valence-electron chi connectivity index (χ4n) is 4.97. The van der Waals surface area contributed by atoms with Crippen molar-refractivity contribution in [2.45, 2.75) is 104 Å². The molecule has 18 heteroatoms. The minimum absolute atomic E-state index is 0.136. The van der Waals surface area contributed by atoms with Gasteiger partial charge in [0.1, 0.15) is 17.4 Å².